The SMILES string of the molecule is N/C(CC(=O)N1CC2CCC1C2)=N\O. The molecule has 2 aliphatic rings. The van der Waals surface area contributed by atoms with Crippen molar-refractivity contribution < 1.29 is 10.0 Å². The highest BCUT2D eigenvalue weighted by atomic mass is 16.4. The van der Waals surface area contributed by atoms with E-state index in [1.807, 2.05) is 4.90 Å². The molecule has 2 atom stereocenters. The third kappa shape index (κ3) is 1.54. The van der Waals surface area contributed by atoms with E-state index in [2.05, 4.69) is 5.16 Å². The zero-order chi connectivity index (χ0) is 10.1. The van der Waals surface area contributed by atoms with Crippen LogP contribution >= 0.6 is 0 Å². The Hall–Kier alpha value is -1.26. The standard InChI is InChI=1S/C9H15N3O2/c10-8(11-14)4-9(13)12-5-6-1-2-7(12)3-6/h6-7,14H,1-5H2,(H2,10,11). The molecule has 3 N–H and O–H groups in total. The van der Waals surface area contributed by atoms with Gasteiger partial charge in [-0.2, -0.15) is 0 Å². The van der Waals surface area contributed by atoms with Crippen LogP contribution < -0.4 is 5.73 Å². The van der Waals surface area contributed by atoms with E-state index in [0.717, 1.165) is 19.4 Å². The van der Waals surface area contributed by atoms with Crippen LogP contribution in [0.3, 0.4) is 0 Å². The Morgan fingerprint density at radius 2 is 2.36 bits per heavy atom. The number of hydrogen-bond donors (Lipinski definition) is 2. The van der Waals surface area contributed by atoms with Crippen molar-refractivity contribution in [3.05, 3.63) is 0 Å². The fraction of sp³-hybridized carbons (Fsp3) is 0.778. The number of amides is 1. The summed E-state index contributed by atoms with van der Waals surface area (Å²) in [4.78, 5) is 13.5. The Morgan fingerprint density at radius 1 is 1.57 bits per heavy atom. The number of piperidine rings is 1. The van der Waals surface area contributed by atoms with E-state index in [4.69, 9.17) is 10.9 Å². The smallest absolute Gasteiger partial charge is 0.230 e. The lowest BCUT2D eigenvalue weighted by molar-refractivity contribution is -0.131. The Bertz CT molecular complexity index is 277. The quantitative estimate of drug-likeness (QED) is 0.286. The summed E-state index contributed by atoms with van der Waals surface area (Å²) in [5, 5.41) is 11.2. The first kappa shape index (κ1) is 9.30. The van der Waals surface area contributed by atoms with Gasteiger partial charge in [-0.25, -0.2) is 0 Å². The van der Waals surface area contributed by atoms with Gasteiger partial charge >= 0.3 is 0 Å². The molecule has 0 aromatic carbocycles. The van der Waals surface area contributed by atoms with E-state index in [0.29, 0.717) is 12.0 Å². The van der Waals surface area contributed by atoms with E-state index in [1.54, 1.807) is 0 Å². The highest BCUT2D eigenvalue weighted by Crippen LogP contribution is 2.37. The number of nitrogens with zero attached hydrogens (tertiary/aromatic N) is 2. The van der Waals surface area contributed by atoms with Gasteiger partial charge in [0.1, 0.15) is 5.84 Å². The third-order valence-electron chi connectivity index (χ3n) is 3.19. The van der Waals surface area contributed by atoms with Crippen molar-refractivity contribution in [2.24, 2.45) is 16.8 Å². The number of nitrogens with two attached hydrogens (primary N) is 1. The molecule has 1 aliphatic carbocycles. The average molecular weight is 197 g/mol. The van der Waals surface area contributed by atoms with Gasteiger partial charge < -0.3 is 15.8 Å². The predicted octanol–water partition coefficient (Wildman–Crippen LogP) is 0.134. The summed E-state index contributed by atoms with van der Waals surface area (Å²) in [6.45, 7) is 0.863. The number of likely N-dealkylation sites (tertiary alicyclic amines) is 1. The number of carbonyl (C=O) groups excluding carboxylic acids is 1. The average Bonchev–Trinajstić information content (AvgIpc) is 2.78. The van der Waals surface area contributed by atoms with Gasteiger partial charge in [-0.1, -0.05) is 5.16 Å². The first-order valence-corrected chi connectivity index (χ1v) is 4.96. The predicted molar refractivity (Wildman–Crippen MR) is 50.9 cm³/mol. The molecular weight excluding hydrogens is 182 g/mol. The molecule has 14 heavy (non-hydrogen) atoms. The fourth-order valence-corrected chi connectivity index (χ4v) is 2.52. The van der Waals surface area contributed by atoms with E-state index < -0.39 is 0 Å². The van der Waals surface area contributed by atoms with Gasteiger partial charge in [0.2, 0.25) is 5.91 Å². The molecule has 5 nitrogen and oxygen atoms in total. The van der Waals surface area contributed by atoms with Crippen LogP contribution in [0.25, 0.3) is 0 Å². The second-order valence-corrected chi connectivity index (χ2v) is 4.15. The van der Waals surface area contributed by atoms with E-state index >= 15 is 0 Å². The highest BCUT2D eigenvalue weighted by Gasteiger charge is 2.40. The molecule has 1 saturated carbocycles. The minimum absolute atomic E-state index is 0.00206. The van der Waals surface area contributed by atoms with Crippen LogP contribution in [0, 0.1) is 5.92 Å². The van der Waals surface area contributed by atoms with Crippen LogP contribution in [-0.4, -0.2) is 34.4 Å². The molecule has 1 aliphatic heterocycles. The summed E-state index contributed by atoms with van der Waals surface area (Å²) >= 11 is 0. The molecule has 2 fully saturated rings. The molecule has 2 rings (SSSR count). The number of fused-ring (bicyclic) bond motifs is 2. The molecular formula is C9H15N3O2. The van der Waals surface area contributed by atoms with Crippen molar-refractivity contribution in [1.82, 2.24) is 4.90 Å². The topological polar surface area (TPSA) is 78.9 Å². The number of amidine groups is 1. The van der Waals surface area contributed by atoms with Gasteiger partial charge in [-0.05, 0) is 25.2 Å². The maximum absolute atomic E-state index is 11.7. The molecule has 1 saturated heterocycles. The summed E-state index contributed by atoms with van der Waals surface area (Å²) in [6, 6.07) is 0.416. The summed E-state index contributed by atoms with van der Waals surface area (Å²) in [5.74, 6) is 0.682. The summed E-state index contributed by atoms with van der Waals surface area (Å²) in [5.41, 5.74) is 5.29. The number of carbonyl (C=O) groups is 1. The van der Waals surface area contributed by atoms with Crippen LogP contribution in [0.4, 0.5) is 0 Å². The molecule has 78 valence electrons. The maximum Gasteiger partial charge on any atom is 0.230 e. The third-order valence-corrected chi connectivity index (χ3v) is 3.19. The molecule has 2 unspecified atom stereocenters. The zero-order valence-corrected chi connectivity index (χ0v) is 8.02. The number of oxime groups is 1. The molecule has 0 aromatic heterocycles. The largest absolute Gasteiger partial charge is 0.409 e. The monoisotopic (exact) mass is 197 g/mol. The van der Waals surface area contributed by atoms with E-state index in [-0.39, 0.29) is 18.2 Å². The lowest BCUT2D eigenvalue weighted by atomic mass is 10.1. The van der Waals surface area contributed by atoms with Crippen molar-refractivity contribution in [2.45, 2.75) is 31.7 Å². The highest BCUT2D eigenvalue weighted by molar-refractivity contribution is 5.98. The Balaban J connectivity index is 1.93. The second-order valence-electron chi connectivity index (χ2n) is 4.15. The first-order valence-electron chi connectivity index (χ1n) is 4.96. The van der Waals surface area contributed by atoms with Gasteiger partial charge in [0.15, 0.2) is 0 Å². The summed E-state index contributed by atoms with van der Waals surface area (Å²) in [7, 11) is 0. The fourth-order valence-electron chi connectivity index (χ4n) is 2.52. The minimum atomic E-state index is -0.00694. The Labute approximate surface area is 82.6 Å². The van der Waals surface area contributed by atoms with Crippen molar-refractivity contribution in [3.8, 4) is 0 Å². The molecule has 0 radical (unpaired) electrons. The van der Waals surface area contributed by atoms with Crippen molar-refractivity contribution in [3.63, 3.8) is 0 Å². The van der Waals surface area contributed by atoms with Crippen LogP contribution in [0.15, 0.2) is 5.16 Å². The van der Waals surface area contributed by atoms with E-state index in [1.165, 1.54) is 6.42 Å². The number of rotatable bonds is 2. The lowest BCUT2D eigenvalue weighted by Gasteiger charge is -2.26. The zero-order valence-electron chi connectivity index (χ0n) is 8.02. The van der Waals surface area contributed by atoms with Crippen molar-refractivity contribution in [1.29, 1.82) is 0 Å². The van der Waals surface area contributed by atoms with Crippen LogP contribution in [-0.2, 0) is 4.79 Å². The Morgan fingerprint density at radius 3 is 2.86 bits per heavy atom. The van der Waals surface area contributed by atoms with E-state index in [9.17, 15) is 4.79 Å². The van der Waals surface area contributed by atoms with Gasteiger partial charge in [0, 0.05) is 12.6 Å². The molecule has 1 amide bonds. The first-order chi connectivity index (χ1) is 6.70. The maximum atomic E-state index is 11.7. The van der Waals surface area contributed by atoms with Crippen molar-refractivity contribution in [2.75, 3.05) is 6.54 Å². The lowest BCUT2D eigenvalue weighted by Crippen LogP contribution is -2.39. The summed E-state index contributed by atoms with van der Waals surface area (Å²) in [6.07, 6.45) is 3.55. The number of hydrogen-bond acceptors (Lipinski definition) is 3. The van der Waals surface area contributed by atoms with Gasteiger partial charge in [-0.3, -0.25) is 4.79 Å². The molecule has 5 heteroatoms. The van der Waals surface area contributed by atoms with Gasteiger partial charge in [0.25, 0.3) is 0 Å². The normalized spacial score (nSPS) is 31.1. The van der Waals surface area contributed by atoms with Crippen LogP contribution in [0.1, 0.15) is 25.7 Å². The van der Waals surface area contributed by atoms with Gasteiger partial charge in [0.05, 0.1) is 6.42 Å². The summed E-state index contributed by atoms with van der Waals surface area (Å²) < 4.78 is 0. The van der Waals surface area contributed by atoms with Crippen LogP contribution in [0.2, 0.25) is 0 Å². The molecule has 1 heterocycles. The molecule has 2 bridgehead atoms. The van der Waals surface area contributed by atoms with Crippen LogP contribution in [0.5, 0.6) is 0 Å². The Kier molecular flexibility index (Phi) is 2.31. The molecule has 0 spiro atoms. The van der Waals surface area contributed by atoms with Gasteiger partial charge in [-0.15, -0.1) is 0 Å². The molecule has 0 aromatic rings. The minimum Gasteiger partial charge on any atom is -0.409 e. The second kappa shape index (κ2) is 3.48. The van der Waals surface area contributed by atoms with Crippen molar-refractivity contribution >= 4 is 11.7 Å².